The van der Waals surface area contributed by atoms with Crippen molar-refractivity contribution in [1.29, 1.82) is 0 Å². The number of fused-ring (bicyclic) bond motifs is 1. The van der Waals surface area contributed by atoms with Crippen LogP contribution in [0.25, 0.3) is 0 Å². The summed E-state index contributed by atoms with van der Waals surface area (Å²) in [5.41, 5.74) is 0. The molecule has 5 heteroatoms. The van der Waals surface area contributed by atoms with Crippen molar-refractivity contribution in [3.8, 4) is 0 Å². The van der Waals surface area contributed by atoms with Gasteiger partial charge in [0.05, 0.1) is 6.04 Å². The zero-order chi connectivity index (χ0) is 8.01. The lowest BCUT2D eigenvalue weighted by Gasteiger charge is -2.39. The number of halogens is 1. The molecule has 0 N–H and O–H groups in total. The number of aldehydes is 1. The van der Waals surface area contributed by atoms with Gasteiger partial charge in [0, 0.05) is 5.75 Å². The fourth-order valence-electron chi connectivity index (χ4n) is 1.35. The Hall–Kier alpha value is -0.220. The Morgan fingerprint density at radius 1 is 1.73 bits per heavy atom. The second-order valence-corrected chi connectivity index (χ2v) is 4.19. The Morgan fingerprint density at radius 2 is 2.45 bits per heavy atom. The zero-order valence-corrected chi connectivity index (χ0v) is 7.14. The number of alkyl halides is 1. The predicted molar refractivity (Wildman–Crippen MR) is 42.6 cm³/mol. The summed E-state index contributed by atoms with van der Waals surface area (Å²) in [6, 6.07) is -0.229. The van der Waals surface area contributed by atoms with E-state index in [0.29, 0.717) is 5.75 Å². The van der Waals surface area contributed by atoms with Crippen molar-refractivity contribution in [3.63, 3.8) is 0 Å². The highest BCUT2D eigenvalue weighted by molar-refractivity contribution is 8.00. The largest absolute Gasteiger partial charge is 0.317 e. The monoisotopic (exact) mass is 191 g/mol. The van der Waals surface area contributed by atoms with Crippen LogP contribution in [0.3, 0.4) is 0 Å². The number of carbonyl (C=O) groups excluding carboxylic acids is 2. The first kappa shape index (κ1) is 7.43. The van der Waals surface area contributed by atoms with Gasteiger partial charge in [0.1, 0.15) is 17.0 Å². The molecule has 11 heavy (non-hydrogen) atoms. The highest BCUT2D eigenvalue weighted by Crippen LogP contribution is 2.41. The van der Waals surface area contributed by atoms with Crippen LogP contribution in [0.1, 0.15) is 0 Å². The normalized spacial score (nSPS) is 41.7. The van der Waals surface area contributed by atoms with Crippen molar-refractivity contribution in [2.24, 2.45) is 0 Å². The molecule has 0 radical (unpaired) electrons. The van der Waals surface area contributed by atoms with Crippen LogP contribution >= 0.6 is 23.4 Å². The molecule has 0 saturated carbocycles. The number of rotatable bonds is 1. The number of hydrogen-bond acceptors (Lipinski definition) is 3. The van der Waals surface area contributed by atoms with E-state index in [0.717, 1.165) is 6.29 Å². The van der Waals surface area contributed by atoms with Crippen molar-refractivity contribution >= 4 is 35.6 Å². The summed E-state index contributed by atoms with van der Waals surface area (Å²) in [5.74, 6) is 0.599. The van der Waals surface area contributed by atoms with E-state index < -0.39 is 5.38 Å². The van der Waals surface area contributed by atoms with Crippen LogP contribution in [0.2, 0.25) is 0 Å². The van der Waals surface area contributed by atoms with Crippen LogP contribution in [-0.2, 0) is 9.59 Å². The van der Waals surface area contributed by atoms with Gasteiger partial charge in [0.25, 0.3) is 0 Å². The molecule has 2 aliphatic rings. The highest BCUT2D eigenvalue weighted by Gasteiger charge is 2.53. The maximum absolute atomic E-state index is 11.0. The number of β-lactam (4-membered cyclic amide) rings is 1. The van der Waals surface area contributed by atoms with E-state index in [1.165, 1.54) is 0 Å². The van der Waals surface area contributed by atoms with Gasteiger partial charge in [-0.2, -0.15) is 0 Å². The fourth-order valence-corrected chi connectivity index (χ4v) is 3.14. The van der Waals surface area contributed by atoms with Crippen LogP contribution in [0.15, 0.2) is 0 Å². The molecule has 2 rings (SSSR count). The van der Waals surface area contributed by atoms with Gasteiger partial charge < -0.3 is 9.69 Å². The van der Waals surface area contributed by atoms with Crippen LogP contribution in [-0.4, -0.2) is 39.6 Å². The summed E-state index contributed by atoms with van der Waals surface area (Å²) >= 11 is 7.27. The number of amides is 1. The maximum Gasteiger partial charge on any atom is 0.245 e. The van der Waals surface area contributed by atoms with Gasteiger partial charge in [0.2, 0.25) is 5.91 Å². The maximum atomic E-state index is 11.0. The second kappa shape index (κ2) is 2.38. The van der Waals surface area contributed by atoms with E-state index in [1.807, 2.05) is 0 Å². The van der Waals surface area contributed by atoms with Crippen LogP contribution in [0, 0.1) is 0 Å². The molecule has 0 aromatic heterocycles. The average molecular weight is 192 g/mol. The molecule has 3 nitrogen and oxygen atoms in total. The molecule has 2 heterocycles. The molecular weight excluding hydrogens is 186 g/mol. The molecule has 3 atom stereocenters. The summed E-state index contributed by atoms with van der Waals surface area (Å²) in [4.78, 5) is 23.0. The van der Waals surface area contributed by atoms with Gasteiger partial charge in [-0.1, -0.05) is 0 Å². The molecule has 0 aromatic rings. The van der Waals surface area contributed by atoms with E-state index in [2.05, 4.69) is 0 Å². The van der Waals surface area contributed by atoms with E-state index in [1.54, 1.807) is 16.7 Å². The lowest BCUT2D eigenvalue weighted by Crippen LogP contribution is -2.61. The van der Waals surface area contributed by atoms with E-state index in [9.17, 15) is 9.59 Å². The summed E-state index contributed by atoms with van der Waals surface area (Å²) in [5, 5.41) is -0.343. The molecule has 0 aliphatic carbocycles. The minimum absolute atomic E-state index is 0.0550. The number of nitrogens with zero attached hydrogens (tertiary/aromatic N) is 1. The quantitative estimate of drug-likeness (QED) is 0.335. The Bertz CT molecular complexity index is 223. The third kappa shape index (κ3) is 0.825. The van der Waals surface area contributed by atoms with Gasteiger partial charge in [0.15, 0.2) is 0 Å². The average Bonchev–Trinajstić information content (AvgIpc) is 2.43. The number of thioether (sulfide) groups is 1. The van der Waals surface area contributed by atoms with Gasteiger partial charge in [-0.15, -0.1) is 23.4 Å². The molecule has 0 aromatic carbocycles. The number of hydrogen-bond donors (Lipinski definition) is 0. The standard InChI is InChI=1S/C6H6ClNO2S/c7-4-5(10)8-3(1-9)2-11-6(4)8/h1,3-4,6H,2H2/t3?,4-,6-/m0/s1. The van der Waals surface area contributed by atoms with E-state index in [-0.39, 0.29) is 17.3 Å². The molecule has 2 aliphatic heterocycles. The lowest BCUT2D eigenvalue weighted by molar-refractivity contribution is -0.144. The van der Waals surface area contributed by atoms with Crippen molar-refractivity contribution in [1.82, 2.24) is 4.90 Å². The molecule has 2 saturated heterocycles. The summed E-state index contributed by atoms with van der Waals surface area (Å²) < 4.78 is 0. The molecule has 0 bridgehead atoms. The Labute approximate surface area is 73.1 Å². The molecule has 60 valence electrons. The lowest BCUT2D eigenvalue weighted by atomic mass is 10.1. The van der Waals surface area contributed by atoms with Gasteiger partial charge in [-0.25, -0.2) is 0 Å². The summed E-state index contributed by atoms with van der Waals surface area (Å²) in [6.45, 7) is 0. The first-order valence-corrected chi connectivity index (χ1v) is 4.77. The Balaban J connectivity index is 2.16. The van der Waals surface area contributed by atoms with Crippen molar-refractivity contribution in [2.45, 2.75) is 16.8 Å². The van der Waals surface area contributed by atoms with Crippen molar-refractivity contribution in [3.05, 3.63) is 0 Å². The van der Waals surface area contributed by atoms with Crippen LogP contribution < -0.4 is 0 Å². The molecule has 0 spiro atoms. The van der Waals surface area contributed by atoms with Crippen LogP contribution in [0.5, 0.6) is 0 Å². The summed E-state index contributed by atoms with van der Waals surface area (Å²) in [6.07, 6.45) is 0.813. The second-order valence-electron chi connectivity index (χ2n) is 2.57. The van der Waals surface area contributed by atoms with Gasteiger partial charge in [-0.3, -0.25) is 4.79 Å². The molecule has 2 fully saturated rings. The first-order chi connectivity index (χ1) is 5.25. The molecule has 1 unspecified atom stereocenters. The fraction of sp³-hybridized carbons (Fsp3) is 0.667. The van der Waals surface area contributed by atoms with Gasteiger partial charge in [-0.05, 0) is 0 Å². The Kier molecular flexibility index (Phi) is 1.61. The van der Waals surface area contributed by atoms with Gasteiger partial charge >= 0.3 is 0 Å². The topological polar surface area (TPSA) is 37.4 Å². The van der Waals surface area contributed by atoms with Crippen LogP contribution in [0.4, 0.5) is 0 Å². The van der Waals surface area contributed by atoms with E-state index >= 15 is 0 Å². The number of carbonyl (C=O) groups is 2. The third-order valence-electron chi connectivity index (χ3n) is 1.97. The summed E-state index contributed by atoms with van der Waals surface area (Å²) in [7, 11) is 0. The minimum atomic E-state index is -0.398. The molecule has 1 amide bonds. The smallest absolute Gasteiger partial charge is 0.245 e. The molecular formula is C6H6ClNO2S. The third-order valence-corrected chi connectivity index (χ3v) is 3.92. The SMILES string of the molecule is O=CC1CS[C@H]2[C@@H](Cl)C(=O)N12. The predicted octanol–water partition coefficient (Wildman–Crippen LogP) is 0.0764. The van der Waals surface area contributed by atoms with Crippen molar-refractivity contribution < 1.29 is 9.59 Å². The zero-order valence-electron chi connectivity index (χ0n) is 5.57. The van der Waals surface area contributed by atoms with Crippen molar-refractivity contribution in [2.75, 3.05) is 5.75 Å². The minimum Gasteiger partial charge on any atom is -0.317 e. The Morgan fingerprint density at radius 3 is 3.09 bits per heavy atom. The first-order valence-electron chi connectivity index (χ1n) is 3.29. The van der Waals surface area contributed by atoms with E-state index in [4.69, 9.17) is 11.6 Å². The highest BCUT2D eigenvalue weighted by atomic mass is 35.5.